The lowest BCUT2D eigenvalue weighted by Gasteiger charge is -2.49. The summed E-state index contributed by atoms with van der Waals surface area (Å²) in [7, 11) is 1.66. The molecule has 1 aliphatic heterocycles. The second-order valence-electron chi connectivity index (χ2n) is 13.2. The molecule has 222 valence electrons. The maximum Gasteiger partial charge on any atom is 0.335 e. The summed E-state index contributed by atoms with van der Waals surface area (Å²) in [6.07, 6.45) is 2.17. The number of carbonyl (C=O) groups excluding carboxylic acids is 2. The second kappa shape index (κ2) is 11.3. The number of allylic oxidation sites excluding steroid dienone is 4. The number of halogens is 1. The highest BCUT2D eigenvalue weighted by Crippen LogP contribution is 2.55. The Hall–Kier alpha value is -3.42. The van der Waals surface area contributed by atoms with Crippen molar-refractivity contribution in [2.24, 2.45) is 10.8 Å². The van der Waals surface area contributed by atoms with E-state index in [1.165, 1.54) is 0 Å². The van der Waals surface area contributed by atoms with E-state index in [4.69, 9.17) is 21.1 Å². The van der Waals surface area contributed by atoms with Gasteiger partial charge in [0.2, 0.25) is 0 Å². The van der Waals surface area contributed by atoms with Crippen LogP contribution in [0.15, 0.2) is 65.0 Å². The summed E-state index contributed by atoms with van der Waals surface area (Å²) < 4.78 is 11.8. The molecule has 1 heterocycles. The third-order valence-electron chi connectivity index (χ3n) is 8.42. The fraction of sp³-hybridized carbons (Fsp3) is 0.441. The predicted octanol–water partition coefficient (Wildman–Crippen LogP) is 6.95. The first-order chi connectivity index (χ1) is 19.8. The molecule has 42 heavy (non-hydrogen) atoms. The molecule has 0 spiro atoms. The van der Waals surface area contributed by atoms with Crippen LogP contribution in [0.25, 0.3) is 0 Å². The molecule has 0 saturated carbocycles. The van der Waals surface area contributed by atoms with E-state index in [9.17, 15) is 19.5 Å². The van der Waals surface area contributed by atoms with Gasteiger partial charge in [-0.05, 0) is 59.6 Å². The van der Waals surface area contributed by atoms with Crippen LogP contribution in [0.2, 0.25) is 5.02 Å². The molecule has 0 radical (unpaired) electrons. The Labute approximate surface area is 252 Å². The summed E-state index contributed by atoms with van der Waals surface area (Å²) in [5.41, 5.74) is 4.43. The van der Waals surface area contributed by atoms with E-state index in [-0.39, 0.29) is 34.6 Å². The highest BCUT2D eigenvalue weighted by molar-refractivity contribution is 6.30. The van der Waals surface area contributed by atoms with Gasteiger partial charge in [-0.2, -0.15) is 0 Å². The lowest BCUT2D eigenvalue weighted by atomic mass is 9.63. The standard InChI is InChI=1S/C34H38ClNO6/c1-33(2)15-24-30(26(37)17-33)29(31-25(36(24)12-13-41-5)16-34(3,4)18-27(31)38)23-14-22(35)10-11-28(23)42-19-20-6-8-21(9-7-20)32(39)40/h6-11,14,29H,12-13,15-19H2,1-5H3,(H,39,40). The van der Waals surface area contributed by atoms with E-state index in [1.807, 2.05) is 6.07 Å². The summed E-state index contributed by atoms with van der Waals surface area (Å²) in [4.78, 5) is 41.6. The van der Waals surface area contributed by atoms with Crippen LogP contribution in [0.4, 0.5) is 0 Å². The van der Waals surface area contributed by atoms with E-state index in [1.54, 1.807) is 43.5 Å². The highest BCUT2D eigenvalue weighted by atomic mass is 35.5. The number of hydrogen-bond donors (Lipinski definition) is 1. The van der Waals surface area contributed by atoms with E-state index in [2.05, 4.69) is 32.6 Å². The number of carboxylic acid groups (broad SMARTS) is 1. The first-order valence-electron chi connectivity index (χ1n) is 14.3. The number of rotatable bonds is 8. The van der Waals surface area contributed by atoms with Crippen LogP contribution in [0.1, 0.15) is 80.8 Å². The number of carboxylic acids is 1. The molecule has 0 bridgehead atoms. The zero-order chi connectivity index (χ0) is 30.4. The minimum absolute atomic E-state index is 0.0352. The number of nitrogens with zero attached hydrogens (tertiary/aromatic N) is 1. The molecular weight excluding hydrogens is 554 g/mol. The van der Waals surface area contributed by atoms with Gasteiger partial charge < -0.3 is 19.5 Å². The molecule has 0 amide bonds. The van der Waals surface area contributed by atoms with E-state index in [0.29, 0.717) is 66.3 Å². The molecule has 7 nitrogen and oxygen atoms in total. The predicted molar refractivity (Wildman–Crippen MR) is 161 cm³/mol. The summed E-state index contributed by atoms with van der Waals surface area (Å²) in [6, 6.07) is 11.9. The van der Waals surface area contributed by atoms with Crippen molar-refractivity contribution in [1.29, 1.82) is 0 Å². The van der Waals surface area contributed by atoms with Gasteiger partial charge in [-0.3, -0.25) is 9.59 Å². The van der Waals surface area contributed by atoms with Crippen LogP contribution in [0.3, 0.4) is 0 Å². The maximum atomic E-state index is 14.0. The van der Waals surface area contributed by atoms with Crippen molar-refractivity contribution >= 4 is 29.1 Å². The zero-order valence-electron chi connectivity index (χ0n) is 24.9. The van der Waals surface area contributed by atoms with Crippen molar-refractivity contribution in [3.05, 3.63) is 86.7 Å². The van der Waals surface area contributed by atoms with Gasteiger partial charge in [0, 0.05) is 65.5 Å². The normalized spacial score (nSPS) is 20.0. The van der Waals surface area contributed by atoms with Crippen molar-refractivity contribution in [3.63, 3.8) is 0 Å². The van der Waals surface area contributed by atoms with Crippen molar-refractivity contribution in [1.82, 2.24) is 4.90 Å². The lowest BCUT2D eigenvalue weighted by molar-refractivity contribution is -0.119. The van der Waals surface area contributed by atoms with Gasteiger partial charge in [0.25, 0.3) is 0 Å². The Morgan fingerprint density at radius 1 is 0.929 bits per heavy atom. The average molecular weight is 592 g/mol. The maximum absolute atomic E-state index is 14.0. The number of methoxy groups -OCH3 is 1. The molecule has 5 rings (SSSR count). The smallest absolute Gasteiger partial charge is 0.335 e. The number of aromatic carboxylic acids is 1. The molecule has 2 aromatic carbocycles. The minimum Gasteiger partial charge on any atom is -0.489 e. The van der Waals surface area contributed by atoms with E-state index in [0.717, 1.165) is 17.0 Å². The van der Waals surface area contributed by atoms with Crippen LogP contribution >= 0.6 is 11.6 Å². The van der Waals surface area contributed by atoms with E-state index >= 15 is 0 Å². The third-order valence-corrected chi connectivity index (χ3v) is 8.65. The number of Topliss-reactive ketones (excluding diaryl/α,β-unsaturated/α-hetero) is 2. The van der Waals surface area contributed by atoms with Crippen LogP contribution < -0.4 is 4.74 Å². The number of benzene rings is 2. The van der Waals surface area contributed by atoms with Gasteiger partial charge in [-0.25, -0.2) is 4.79 Å². The number of ether oxygens (including phenoxy) is 2. The van der Waals surface area contributed by atoms with Crippen molar-refractivity contribution in [3.8, 4) is 5.75 Å². The van der Waals surface area contributed by atoms with Gasteiger partial charge in [0.15, 0.2) is 11.6 Å². The highest BCUT2D eigenvalue weighted by Gasteiger charge is 2.49. The number of carbonyl (C=O) groups is 3. The zero-order valence-corrected chi connectivity index (χ0v) is 25.6. The molecule has 0 fully saturated rings. The topological polar surface area (TPSA) is 93.1 Å². The fourth-order valence-electron chi connectivity index (χ4n) is 6.59. The Morgan fingerprint density at radius 2 is 1.50 bits per heavy atom. The van der Waals surface area contributed by atoms with Gasteiger partial charge in [0.05, 0.1) is 12.2 Å². The molecule has 3 aliphatic rings. The number of hydrogen-bond acceptors (Lipinski definition) is 6. The second-order valence-corrected chi connectivity index (χ2v) is 13.6. The third kappa shape index (κ3) is 5.90. The largest absolute Gasteiger partial charge is 0.489 e. The molecule has 0 aromatic heterocycles. The molecule has 0 unspecified atom stereocenters. The van der Waals surface area contributed by atoms with Crippen LogP contribution in [0.5, 0.6) is 5.75 Å². The molecule has 1 N–H and O–H groups in total. The number of ketones is 2. The molecule has 0 atom stereocenters. The minimum atomic E-state index is -0.992. The summed E-state index contributed by atoms with van der Waals surface area (Å²) >= 11 is 6.57. The van der Waals surface area contributed by atoms with Gasteiger partial charge in [0.1, 0.15) is 12.4 Å². The SMILES string of the molecule is COCCN1C2=C(C(=O)CC(C)(C)C2)C(c2cc(Cl)ccc2OCc2ccc(C(=O)O)cc2)C2=C1CC(C)(C)CC2=O. The van der Waals surface area contributed by atoms with Crippen molar-refractivity contribution < 1.29 is 29.0 Å². The quantitative estimate of drug-likeness (QED) is 0.355. The lowest BCUT2D eigenvalue weighted by Crippen LogP contribution is -2.45. The van der Waals surface area contributed by atoms with Crippen molar-refractivity contribution in [2.75, 3.05) is 20.3 Å². The van der Waals surface area contributed by atoms with Crippen LogP contribution in [-0.4, -0.2) is 47.8 Å². The Balaban J connectivity index is 1.65. The monoisotopic (exact) mass is 591 g/mol. The Morgan fingerprint density at radius 3 is 2.02 bits per heavy atom. The summed E-state index contributed by atoms with van der Waals surface area (Å²) in [6.45, 7) is 9.65. The summed E-state index contributed by atoms with van der Waals surface area (Å²) in [5, 5.41) is 9.72. The molecule has 2 aromatic rings. The Kier molecular flexibility index (Phi) is 8.12. The first-order valence-corrected chi connectivity index (χ1v) is 14.7. The van der Waals surface area contributed by atoms with E-state index < -0.39 is 11.9 Å². The molecule has 0 saturated heterocycles. The van der Waals surface area contributed by atoms with Gasteiger partial charge in [-0.1, -0.05) is 51.4 Å². The van der Waals surface area contributed by atoms with Gasteiger partial charge in [-0.15, -0.1) is 0 Å². The Bertz CT molecular complexity index is 1450. The van der Waals surface area contributed by atoms with Crippen LogP contribution in [-0.2, 0) is 20.9 Å². The fourth-order valence-corrected chi connectivity index (χ4v) is 6.77. The summed E-state index contributed by atoms with van der Waals surface area (Å²) in [5.74, 6) is -0.982. The van der Waals surface area contributed by atoms with Gasteiger partial charge >= 0.3 is 5.97 Å². The van der Waals surface area contributed by atoms with Crippen molar-refractivity contribution in [2.45, 2.75) is 65.9 Å². The van der Waals surface area contributed by atoms with Crippen LogP contribution in [0, 0.1) is 10.8 Å². The molecule has 2 aliphatic carbocycles. The first kappa shape index (κ1) is 30.1. The molecular formula is C34H38ClNO6. The molecule has 8 heteroatoms. The average Bonchev–Trinajstić information content (AvgIpc) is 2.89.